The molecule has 7 nitrogen and oxygen atoms in total. The van der Waals surface area contributed by atoms with Gasteiger partial charge in [0.15, 0.2) is 17.5 Å². The number of ether oxygens (including phenoxy) is 1. The van der Waals surface area contributed by atoms with E-state index in [4.69, 9.17) is 4.74 Å². The summed E-state index contributed by atoms with van der Waals surface area (Å²) in [7, 11) is -4.31. The highest BCUT2D eigenvalue weighted by molar-refractivity contribution is 7.90. The molecule has 0 bridgehead atoms. The SMILES string of the molecule is Cc1ccc(S(=O)(=O)n2cc(-c3nc(C)c(F)c(C[C@H]4CCC[C@@H](CC(=O)OCc5ccccc5)C4)n3)c3cc(F)cc(F)c32)cc1. The molecule has 0 N–H and O–H groups in total. The van der Waals surface area contributed by atoms with Crippen molar-refractivity contribution in [2.24, 2.45) is 11.8 Å². The van der Waals surface area contributed by atoms with Crippen molar-refractivity contribution in [2.45, 2.75) is 63.9 Å². The number of carbonyl (C=O) groups excluding carboxylic acids is 1. The molecule has 1 fully saturated rings. The first-order valence-corrected chi connectivity index (χ1v) is 17.0. The maximum Gasteiger partial charge on any atom is 0.306 e. The summed E-state index contributed by atoms with van der Waals surface area (Å²) in [4.78, 5) is 21.3. The second-order valence-corrected chi connectivity index (χ2v) is 14.1. The number of hydrogen-bond acceptors (Lipinski definition) is 6. The van der Waals surface area contributed by atoms with Crippen LogP contribution >= 0.6 is 0 Å². The zero-order valence-corrected chi connectivity index (χ0v) is 26.9. The van der Waals surface area contributed by atoms with Crippen molar-refractivity contribution in [1.82, 2.24) is 13.9 Å². The van der Waals surface area contributed by atoms with Gasteiger partial charge in [-0.15, -0.1) is 0 Å². The van der Waals surface area contributed by atoms with Crippen molar-refractivity contribution >= 4 is 26.9 Å². The summed E-state index contributed by atoms with van der Waals surface area (Å²) >= 11 is 0. The van der Waals surface area contributed by atoms with Gasteiger partial charge in [-0.2, -0.15) is 0 Å². The number of aryl methyl sites for hydroxylation is 2. The monoisotopic (exact) mass is 661 g/mol. The molecule has 6 rings (SSSR count). The number of fused-ring (bicyclic) bond motifs is 1. The molecule has 3 aromatic carbocycles. The fourth-order valence-corrected chi connectivity index (χ4v) is 7.77. The van der Waals surface area contributed by atoms with Crippen LogP contribution in [0, 0.1) is 43.1 Å². The van der Waals surface area contributed by atoms with E-state index in [1.165, 1.54) is 19.1 Å². The van der Waals surface area contributed by atoms with E-state index in [2.05, 4.69) is 9.97 Å². The molecule has 1 aliphatic carbocycles. The molecule has 2 heterocycles. The third-order valence-corrected chi connectivity index (χ3v) is 10.4. The predicted octanol–water partition coefficient (Wildman–Crippen LogP) is 7.85. The van der Waals surface area contributed by atoms with Gasteiger partial charge in [0.2, 0.25) is 0 Å². The first-order valence-electron chi connectivity index (χ1n) is 15.5. The quantitative estimate of drug-likeness (QED) is 0.150. The highest BCUT2D eigenvalue weighted by Crippen LogP contribution is 2.37. The molecule has 1 saturated carbocycles. The van der Waals surface area contributed by atoms with Crippen LogP contribution in [-0.2, 0) is 32.6 Å². The third-order valence-electron chi connectivity index (χ3n) is 8.76. The largest absolute Gasteiger partial charge is 0.461 e. The predicted molar refractivity (Wildman–Crippen MR) is 171 cm³/mol. The molecule has 11 heteroatoms. The first kappa shape index (κ1) is 32.4. The van der Waals surface area contributed by atoms with E-state index in [-0.39, 0.29) is 75.8 Å². The lowest BCUT2D eigenvalue weighted by Crippen LogP contribution is -2.22. The van der Waals surface area contributed by atoms with Crippen LogP contribution in [0.5, 0.6) is 0 Å². The van der Waals surface area contributed by atoms with Gasteiger partial charge in [0.1, 0.15) is 17.9 Å². The zero-order chi connectivity index (χ0) is 33.3. The van der Waals surface area contributed by atoms with Crippen molar-refractivity contribution in [2.75, 3.05) is 0 Å². The van der Waals surface area contributed by atoms with E-state index in [0.717, 1.165) is 46.6 Å². The maximum absolute atomic E-state index is 15.5. The Morgan fingerprint density at radius 1 is 0.957 bits per heavy atom. The molecule has 0 amide bonds. The van der Waals surface area contributed by atoms with Gasteiger partial charge in [0, 0.05) is 29.6 Å². The highest BCUT2D eigenvalue weighted by Gasteiger charge is 2.29. The minimum absolute atomic E-state index is 0.0287. The number of hydrogen-bond donors (Lipinski definition) is 0. The normalized spacial score (nSPS) is 16.8. The molecule has 0 saturated heterocycles. The Morgan fingerprint density at radius 3 is 2.43 bits per heavy atom. The van der Waals surface area contributed by atoms with Gasteiger partial charge in [0.05, 0.1) is 16.3 Å². The van der Waals surface area contributed by atoms with Gasteiger partial charge < -0.3 is 4.74 Å². The van der Waals surface area contributed by atoms with Gasteiger partial charge >= 0.3 is 5.97 Å². The Morgan fingerprint density at radius 2 is 1.68 bits per heavy atom. The van der Waals surface area contributed by atoms with Gasteiger partial charge in [-0.3, -0.25) is 4.79 Å². The molecule has 0 aliphatic heterocycles. The molecule has 5 aromatic rings. The smallest absolute Gasteiger partial charge is 0.306 e. The van der Waals surface area contributed by atoms with Crippen LogP contribution in [0.2, 0.25) is 0 Å². The van der Waals surface area contributed by atoms with Gasteiger partial charge in [-0.05, 0) is 68.7 Å². The second-order valence-electron chi connectivity index (χ2n) is 12.3. The summed E-state index contributed by atoms with van der Waals surface area (Å²) in [5, 5.41) is -0.0538. The number of esters is 1. The van der Waals surface area contributed by atoms with Crippen molar-refractivity contribution in [3.05, 3.63) is 113 Å². The van der Waals surface area contributed by atoms with Gasteiger partial charge in [-0.1, -0.05) is 60.9 Å². The number of benzene rings is 3. The van der Waals surface area contributed by atoms with Crippen LogP contribution in [0.25, 0.3) is 22.3 Å². The molecule has 0 unspecified atom stereocenters. The summed E-state index contributed by atoms with van der Waals surface area (Å²) in [5.41, 5.74) is 1.61. The molecule has 0 radical (unpaired) electrons. The first-order chi connectivity index (χ1) is 22.5. The lowest BCUT2D eigenvalue weighted by Gasteiger charge is -2.28. The molecule has 1 aliphatic rings. The molecule has 244 valence electrons. The van der Waals surface area contributed by atoms with Crippen LogP contribution in [-0.4, -0.2) is 28.3 Å². The molecule has 47 heavy (non-hydrogen) atoms. The zero-order valence-electron chi connectivity index (χ0n) is 26.0. The average molecular weight is 662 g/mol. The fourth-order valence-electron chi connectivity index (χ4n) is 6.39. The standard InChI is InChI=1S/C36H34F3N3O4S/c1-22-11-13-28(14-12-22)47(44,45)42-20-30(29-18-27(37)19-31(38)35(29)42)36-40-23(2)34(39)32(41-36)16-25-9-6-10-26(15-25)17-33(43)46-21-24-7-4-3-5-8-24/h3-5,7-8,11-14,18-20,25-26H,6,9-10,15-17,21H2,1-2H3/t25-,26+/m0/s1. The third kappa shape index (κ3) is 6.95. The minimum Gasteiger partial charge on any atom is -0.461 e. The molecular formula is C36H34F3N3O4S. The number of nitrogens with zero attached hydrogens (tertiary/aromatic N) is 3. The van der Waals surface area contributed by atoms with E-state index < -0.39 is 27.5 Å². The number of carbonyl (C=O) groups is 1. The van der Waals surface area contributed by atoms with E-state index in [1.54, 1.807) is 12.1 Å². The molecule has 2 aromatic heterocycles. The van der Waals surface area contributed by atoms with Crippen LogP contribution in [0.15, 0.2) is 77.8 Å². The Bertz CT molecular complexity index is 2050. The Balaban J connectivity index is 1.28. The average Bonchev–Trinajstić information content (AvgIpc) is 3.44. The van der Waals surface area contributed by atoms with Gasteiger partial charge in [0.25, 0.3) is 10.0 Å². The summed E-state index contributed by atoms with van der Waals surface area (Å²) < 4.78 is 78.9. The Kier molecular flexibility index (Phi) is 9.18. The van der Waals surface area contributed by atoms with Crippen LogP contribution in [0.1, 0.15) is 54.6 Å². The van der Waals surface area contributed by atoms with E-state index in [1.807, 2.05) is 37.3 Å². The maximum atomic E-state index is 15.5. The van der Waals surface area contributed by atoms with Crippen molar-refractivity contribution in [3.63, 3.8) is 0 Å². The summed E-state index contributed by atoms with van der Waals surface area (Å²) in [6.45, 7) is 3.49. The van der Waals surface area contributed by atoms with E-state index in [0.29, 0.717) is 12.5 Å². The topological polar surface area (TPSA) is 91.2 Å². The van der Waals surface area contributed by atoms with Crippen LogP contribution in [0.4, 0.5) is 13.2 Å². The second kappa shape index (κ2) is 13.3. The molecule has 2 atom stereocenters. The number of halogens is 3. The number of aromatic nitrogens is 3. The van der Waals surface area contributed by atoms with Crippen molar-refractivity contribution in [3.8, 4) is 11.4 Å². The Hall–Kier alpha value is -4.51. The van der Waals surface area contributed by atoms with Crippen LogP contribution in [0.3, 0.4) is 0 Å². The molecular weight excluding hydrogens is 627 g/mol. The lowest BCUT2D eigenvalue weighted by atomic mass is 9.78. The number of rotatable bonds is 9. The molecule has 0 spiro atoms. The Labute approximate surface area is 271 Å². The summed E-state index contributed by atoms with van der Waals surface area (Å²) in [5.74, 6) is -2.77. The summed E-state index contributed by atoms with van der Waals surface area (Å²) in [6.07, 6.45) is 4.92. The lowest BCUT2D eigenvalue weighted by molar-refractivity contribution is -0.146. The van der Waals surface area contributed by atoms with E-state index in [9.17, 15) is 17.6 Å². The van der Waals surface area contributed by atoms with Crippen LogP contribution < -0.4 is 0 Å². The highest BCUT2D eigenvalue weighted by atomic mass is 32.2. The van der Waals surface area contributed by atoms with Crippen molar-refractivity contribution in [1.29, 1.82) is 0 Å². The minimum atomic E-state index is -4.31. The van der Waals surface area contributed by atoms with Gasteiger partial charge in [-0.25, -0.2) is 35.5 Å². The fraction of sp³-hybridized carbons (Fsp3) is 0.306. The summed E-state index contributed by atoms with van der Waals surface area (Å²) in [6, 6.07) is 17.2. The van der Waals surface area contributed by atoms with E-state index >= 15 is 8.78 Å². The van der Waals surface area contributed by atoms with Crippen molar-refractivity contribution < 1.29 is 31.1 Å².